The number of fused-ring (bicyclic) bond motifs is 1. The highest BCUT2D eigenvalue weighted by Crippen LogP contribution is 2.35. The number of benzene rings is 2. The predicted octanol–water partition coefficient (Wildman–Crippen LogP) is 4.33. The number of alkyl halides is 3. The standard InChI is InChI=1S/C39H45F3N6O5S/c1-38(2,33-23-54-37(45-33)26-11-8-14-43-19-26)48-16-15-47(30(21-48)36(52)44-24-39(40,41)42)20-28(49)18-27(17-25-9-4-3-5-10-25)35(51)46-34-29-12-6-7-13-32(29)53-22-31(34)50/h3-14,19,23,27-28,30-31,34,49-50H,15-18,20-22,24H2,1-2H3,(H,44,52)(H,46,51)/t27-,28+,30+,31-,34+/m1/s1. The van der Waals surface area contributed by atoms with E-state index in [0.29, 0.717) is 17.9 Å². The smallest absolute Gasteiger partial charge is 0.405 e. The molecule has 6 rings (SSSR count). The van der Waals surface area contributed by atoms with Crippen molar-refractivity contribution in [2.45, 2.75) is 62.7 Å². The first-order valence-corrected chi connectivity index (χ1v) is 18.8. The molecule has 0 saturated carbocycles. The van der Waals surface area contributed by atoms with Gasteiger partial charge in [0, 0.05) is 61.0 Å². The van der Waals surface area contributed by atoms with Gasteiger partial charge in [-0.1, -0.05) is 48.5 Å². The van der Waals surface area contributed by atoms with Crippen molar-refractivity contribution in [3.63, 3.8) is 0 Å². The molecule has 2 amide bonds. The molecule has 0 unspecified atom stereocenters. The maximum atomic E-state index is 14.0. The number of piperazine rings is 1. The first-order valence-electron chi connectivity index (χ1n) is 17.9. The Morgan fingerprint density at radius 3 is 2.56 bits per heavy atom. The molecule has 4 heterocycles. The van der Waals surface area contributed by atoms with Gasteiger partial charge in [-0.2, -0.15) is 13.2 Å². The molecule has 5 atom stereocenters. The van der Waals surface area contributed by atoms with E-state index in [1.165, 1.54) is 11.3 Å². The Kier molecular flexibility index (Phi) is 12.3. The molecule has 2 aromatic heterocycles. The van der Waals surface area contributed by atoms with Crippen molar-refractivity contribution in [3.8, 4) is 16.3 Å². The lowest BCUT2D eigenvalue weighted by Gasteiger charge is -2.47. The number of ether oxygens (including phenoxy) is 1. The Balaban J connectivity index is 1.18. The number of rotatable bonds is 13. The van der Waals surface area contributed by atoms with E-state index in [-0.39, 0.29) is 45.0 Å². The third-order valence-corrected chi connectivity index (χ3v) is 11.0. The zero-order valence-corrected chi connectivity index (χ0v) is 30.9. The number of hydrogen-bond donors (Lipinski definition) is 4. The summed E-state index contributed by atoms with van der Waals surface area (Å²) < 4.78 is 45.4. The van der Waals surface area contributed by atoms with Crippen molar-refractivity contribution in [1.29, 1.82) is 0 Å². The van der Waals surface area contributed by atoms with E-state index in [4.69, 9.17) is 9.72 Å². The van der Waals surface area contributed by atoms with Crippen LogP contribution in [0.2, 0.25) is 0 Å². The molecule has 2 aliphatic rings. The molecule has 0 radical (unpaired) electrons. The fourth-order valence-corrected chi connectivity index (χ4v) is 8.06. The number of para-hydroxylation sites is 1. The van der Waals surface area contributed by atoms with Gasteiger partial charge in [0.2, 0.25) is 11.8 Å². The quantitative estimate of drug-likeness (QED) is 0.157. The summed E-state index contributed by atoms with van der Waals surface area (Å²) in [6, 6.07) is 18.5. The summed E-state index contributed by atoms with van der Waals surface area (Å²) in [4.78, 5) is 40.2. The number of β-amino-alcohol motifs (C(OH)–C–C–N with tert-alkyl or cyclic N) is 1. The Hall–Kier alpha value is -4.41. The van der Waals surface area contributed by atoms with Gasteiger partial charge in [-0.3, -0.25) is 24.4 Å². The van der Waals surface area contributed by atoms with Crippen LogP contribution in [-0.4, -0.2) is 106 Å². The van der Waals surface area contributed by atoms with Crippen molar-refractivity contribution >= 4 is 23.2 Å². The van der Waals surface area contributed by atoms with Crippen LogP contribution in [0.1, 0.15) is 43.1 Å². The SMILES string of the molecule is CC(C)(c1csc(-c2cccnc2)n1)N1CCN(C[C@@H](O)C[C@@H](Cc2ccccc2)C(=O)N[C@H]2c3ccccc3OC[C@H]2O)[C@H](C(=O)NCC(F)(F)F)C1. The molecular weight excluding hydrogens is 722 g/mol. The van der Waals surface area contributed by atoms with Gasteiger partial charge >= 0.3 is 6.18 Å². The van der Waals surface area contributed by atoms with E-state index in [0.717, 1.165) is 21.8 Å². The number of nitrogens with one attached hydrogen (secondary N) is 2. The predicted molar refractivity (Wildman–Crippen MR) is 197 cm³/mol. The van der Waals surface area contributed by atoms with Crippen LogP contribution in [0, 0.1) is 5.92 Å². The maximum absolute atomic E-state index is 14.0. The molecule has 15 heteroatoms. The molecule has 288 valence electrons. The molecule has 0 aliphatic carbocycles. The average molecular weight is 767 g/mol. The van der Waals surface area contributed by atoms with Gasteiger partial charge in [-0.25, -0.2) is 4.98 Å². The van der Waals surface area contributed by atoms with Crippen molar-refractivity contribution in [2.24, 2.45) is 5.92 Å². The zero-order valence-electron chi connectivity index (χ0n) is 30.1. The third-order valence-electron chi connectivity index (χ3n) is 10.1. The van der Waals surface area contributed by atoms with Crippen LogP contribution in [0.3, 0.4) is 0 Å². The molecule has 1 saturated heterocycles. The fraction of sp³-hybridized carbons (Fsp3) is 0.436. The molecule has 1 fully saturated rings. The van der Waals surface area contributed by atoms with Gasteiger partial charge in [-0.15, -0.1) is 11.3 Å². The van der Waals surface area contributed by atoms with Crippen LogP contribution in [0.25, 0.3) is 10.6 Å². The minimum Gasteiger partial charge on any atom is -0.490 e. The maximum Gasteiger partial charge on any atom is 0.405 e. The Morgan fingerprint density at radius 1 is 1.06 bits per heavy atom. The molecule has 2 aromatic carbocycles. The highest BCUT2D eigenvalue weighted by Gasteiger charge is 2.42. The van der Waals surface area contributed by atoms with Gasteiger partial charge < -0.3 is 25.6 Å². The lowest BCUT2D eigenvalue weighted by molar-refractivity contribution is -0.144. The second-order valence-corrected chi connectivity index (χ2v) is 15.2. The second kappa shape index (κ2) is 16.9. The van der Waals surface area contributed by atoms with Crippen molar-refractivity contribution < 1.29 is 37.7 Å². The van der Waals surface area contributed by atoms with Gasteiger partial charge in [0.1, 0.15) is 36.1 Å². The molecule has 0 bridgehead atoms. The summed E-state index contributed by atoms with van der Waals surface area (Å²) in [5.41, 5.74) is 2.44. The average Bonchev–Trinajstić information content (AvgIpc) is 3.67. The van der Waals surface area contributed by atoms with Crippen LogP contribution in [0.4, 0.5) is 13.2 Å². The number of thiazole rings is 1. The molecule has 2 aliphatic heterocycles. The number of aliphatic hydroxyl groups is 2. The Bertz CT molecular complexity index is 1860. The monoisotopic (exact) mass is 766 g/mol. The minimum atomic E-state index is -4.60. The summed E-state index contributed by atoms with van der Waals surface area (Å²) in [6.45, 7) is 3.18. The summed E-state index contributed by atoms with van der Waals surface area (Å²) >= 11 is 1.46. The molecular formula is C39H45F3N6O5S. The van der Waals surface area contributed by atoms with Gasteiger partial charge in [0.25, 0.3) is 0 Å². The van der Waals surface area contributed by atoms with Crippen LogP contribution < -0.4 is 15.4 Å². The highest BCUT2D eigenvalue weighted by atomic mass is 32.1. The molecule has 4 N–H and O–H groups in total. The highest BCUT2D eigenvalue weighted by molar-refractivity contribution is 7.13. The van der Waals surface area contributed by atoms with Crippen molar-refractivity contribution in [1.82, 2.24) is 30.4 Å². The van der Waals surface area contributed by atoms with Crippen LogP contribution in [-0.2, 0) is 21.5 Å². The summed E-state index contributed by atoms with van der Waals surface area (Å²) in [5, 5.41) is 30.1. The zero-order chi connectivity index (χ0) is 38.5. The molecule has 11 nitrogen and oxygen atoms in total. The molecule has 0 spiro atoms. The van der Waals surface area contributed by atoms with Crippen LogP contribution in [0.15, 0.2) is 84.5 Å². The topological polar surface area (TPSA) is 140 Å². The van der Waals surface area contributed by atoms with E-state index >= 15 is 0 Å². The molecule has 4 aromatic rings. The summed E-state index contributed by atoms with van der Waals surface area (Å²) in [6.07, 6.45) is -3.02. The number of nitrogens with zero attached hydrogens (tertiary/aromatic N) is 4. The Labute approximate surface area is 316 Å². The third kappa shape index (κ3) is 9.63. The number of aliphatic hydroxyl groups excluding tert-OH is 2. The number of aromatic nitrogens is 2. The minimum absolute atomic E-state index is 0.000229. The van der Waals surface area contributed by atoms with Crippen LogP contribution >= 0.6 is 11.3 Å². The number of hydrogen-bond acceptors (Lipinski definition) is 10. The van der Waals surface area contributed by atoms with Gasteiger partial charge in [0.15, 0.2) is 0 Å². The normalized spacial score (nSPS) is 20.7. The van der Waals surface area contributed by atoms with E-state index in [1.54, 1.807) is 41.6 Å². The lowest BCUT2D eigenvalue weighted by atomic mass is 9.90. The van der Waals surface area contributed by atoms with E-state index < -0.39 is 54.4 Å². The number of carbonyl (C=O) groups is 2. The summed E-state index contributed by atoms with van der Waals surface area (Å²) in [5.74, 6) is -1.35. The number of carbonyl (C=O) groups excluding carboxylic acids is 2. The van der Waals surface area contributed by atoms with E-state index in [9.17, 15) is 33.0 Å². The van der Waals surface area contributed by atoms with Crippen molar-refractivity contribution in [2.75, 3.05) is 39.3 Å². The largest absolute Gasteiger partial charge is 0.490 e. The van der Waals surface area contributed by atoms with Gasteiger partial charge in [-0.05, 0) is 50.5 Å². The second-order valence-electron chi connectivity index (χ2n) is 14.3. The molecule has 54 heavy (non-hydrogen) atoms. The van der Waals surface area contributed by atoms with Crippen molar-refractivity contribution in [3.05, 3.63) is 101 Å². The number of amides is 2. The van der Waals surface area contributed by atoms with Crippen LogP contribution in [0.5, 0.6) is 5.75 Å². The van der Waals surface area contributed by atoms with E-state index in [1.807, 2.05) is 71.9 Å². The summed E-state index contributed by atoms with van der Waals surface area (Å²) in [7, 11) is 0. The lowest BCUT2D eigenvalue weighted by Crippen LogP contribution is -2.63. The Morgan fingerprint density at radius 2 is 1.81 bits per heavy atom. The van der Waals surface area contributed by atoms with Gasteiger partial charge in [0.05, 0.1) is 23.4 Å². The first kappa shape index (κ1) is 39.3. The number of halogens is 3. The van der Waals surface area contributed by atoms with E-state index in [2.05, 4.69) is 10.3 Å². The fourth-order valence-electron chi connectivity index (χ4n) is 7.09. The number of pyridine rings is 1. The first-order chi connectivity index (χ1) is 25.8.